The normalized spacial score (nSPS) is 14.5. The second-order valence-electron chi connectivity index (χ2n) is 3.20. The van der Waals surface area contributed by atoms with Crippen LogP contribution in [0.5, 0.6) is 0 Å². The zero-order chi connectivity index (χ0) is 15.3. The molecule has 0 aromatic rings. The number of aliphatic hydroxyl groups excluding tert-OH is 4. The first kappa shape index (κ1) is 30.0. The van der Waals surface area contributed by atoms with E-state index in [-0.39, 0.29) is 65.5 Å². The third kappa shape index (κ3) is 9.24. The van der Waals surface area contributed by atoms with Gasteiger partial charge in [-0.05, 0) is 0 Å². The molecule has 11 nitrogen and oxygen atoms in total. The van der Waals surface area contributed by atoms with Crippen molar-refractivity contribution in [2.75, 3.05) is 0 Å². The van der Waals surface area contributed by atoms with Gasteiger partial charge in [0.05, 0.1) is 0 Å². The average Bonchev–Trinajstić information content (AvgIpc) is 2.34. The summed E-state index contributed by atoms with van der Waals surface area (Å²) in [5.74, 6) is -7.83. The number of aliphatic hydroxyl groups is 4. The maximum atomic E-state index is 10.9. The zero-order valence-electron chi connectivity index (χ0n) is 9.34. The van der Waals surface area contributed by atoms with Crippen molar-refractivity contribution in [1.82, 2.24) is 0 Å². The summed E-state index contributed by atoms with van der Waals surface area (Å²) in [6, 6.07) is 0. The van der Waals surface area contributed by atoms with Gasteiger partial charge in [-0.3, -0.25) is 0 Å². The van der Waals surface area contributed by atoms with Gasteiger partial charge in [0.2, 0.25) is 0 Å². The minimum atomic E-state index is -2.63. The number of hydrogen-bond acceptors (Lipinski definition) is 9. The number of carboxylic acid groups (broad SMARTS) is 2. The first-order valence-corrected chi connectivity index (χ1v) is 4.53. The number of esters is 2. The van der Waals surface area contributed by atoms with Crippen molar-refractivity contribution < 1.29 is 71.6 Å². The van der Waals surface area contributed by atoms with Crippen molar-refractivity contribution >= 4 is 72.3 Å². The number of ether oxygens (including phenoxy) is 1. The molecule has 0 aromatic carbocycles. The quantitative estimate of drug-likeness (QED) is 0.146. The standard InChI is InChI=1S/C8H10O11.Cu.Li.Na.2H/c9-1(5(13)14)3(11)7(17)19-8(18)4(12)2(10)6(15)16;;;;;/h1-4,9-12H,(H,13,14)(H,15,16);;;;;. The van der Waals surface area contributed by atoms with E-state index in [1.54, 1.807) is 0 Å². The van der Waals surface area contributed by atoms with Gasteiger partial charge < -0.3 is 35.4 Å². The van der Waals surface area contributed by atoms with Gasteiger partial charge in [-0.2, -0.15) is 0 Å². The molecular weight excluding hydrogens is 366 g/mol. The molecule has 0 amide bonds. The van der Waals surface area contributed by atoms with Crippen LogP contribution in [-0.4, -0.2) is 127 Å². The van der Waals surface area contributed by atoms with Gasteiger partial charge >= 0.3 is 72.3 Å². The van der Waals surface area contributed by atoms with Crippen molar-refractivity contribution in [3.63, 3.8) is 0 Å². The predicted molar refractivity (Wildman–Crippen MR) is 64.7 cm³/mol. The fourth-order valence-corrected chi connectivity index (χ4v) is 0.748. The molecule has 0 spiro atoms. The van der Waals surface area contributed by atoms with E-state index in [1.807, 2.05) is 0 Å². The van der Waals surface area contributed by atoms with Gasteiger partial charge in [-0.1, -0.05) is 0 Å². The second-order valence-corrected chi connectivity index (χ2v) is 3.20. The summed E-state index contributed by atoms with van der Waals surface area (Å²) in [5, 5.41) is 51.8. The van der Waals surface area contributed by atoms with Crippen LogP contribution in [0.25, 0.3) is 0 Å². The van der Waals surface area contributed by atoms with Gasteiger partial charge in [0, 0.05) is 17.1 Å². The molecule has 0 aromatic heterocycles. The number of carbonyl (C=O) groups is 4. The Balaban J connectivity index is -0.000000540. The molecule has 4 unspecified atom stereocenters. The molecule has 0 aliphatic heterocycles. The van der Waals surface area contributed by atoms with Crippen LogP contribution in [0.3, 0.4) is 0 Å². The summed E-state index contributed by atoms with van der Waals surface area (Å²) < 4.78 is 3.69. The van der Waals surface area contributed by atoms with Crippen molar-refractivity contribution in [3.8, 4) is 0 Å². The van der Waals surface area contributed by atoms with Crippen LogP contribution in [-0.2, 0) is 41.0 Å². The molecular formula is C8H12CuLiNaO11. The molecule has 123 valence electrons. The Morgan fingerprint density at radius 3 is 1.09 bits per heavy atom. The molecule has 22 heavy (non-hydrogen) atoms. The molecule has 1 radical (unpaired) electrons. The number of carboxylic acids is 2. The summed E-state index contributed by atoms with van der Waals surface area (Å²) in [5.41, 5.74) is 0. The van der Waals surface area contributed by atoms with Gasteiger partial charge in [-0.15, -0.1) is 0 Å². The topological polar surface area (TPSA) is 199 Å². The van der Waals surface area contributed by atoms with E-state index in [2.05, 4.69) is 4.74 Å². The fourth-order valence-electron chi connectivity index (χ4n) is 0.748. The second kappa shape index (κ2) is 13.5. The van der Waals surface area contributed by atoms with Crippen LogP contribution >= 0.6 is 0 Å². The van der Waals surface area contributed by atoms with Gasteiger partial charge in [0.25, 0.3) is 0 Å². The predicted octanol–water partition coefficient (Wildman–Crippen LogP) is -5.63. The van der Waals surface area contributed by atoms with E-state index < -0.39 is 48.3 Å². The minimum absolute atomic E-state index is 0. The molecule has 6 N–H and O–H groups in total. The first-order chi connectivity index (χ1) is 8.59. The van der Waals surface area contributed by atoms with E-state index in [4.69, 9.17) is 30.6 Å². The molecule has 4 atom stereocenters. The Kier molecular flexibility index (Phi) is 18.4. The molecule has 0 bridgehead atoms. The molecule has 0 saturated heterocycles. The van der Waals surface area contributed by atoms with E-state index in [9.17, 15) is 19.2 Å². The van der Waals surface area contributed by atoms with E-state index >= 15 is 0 Å². The Labute approximate surface area is 167 Å². The van der Waals surface area contributed by atoms with Gasteiger partial charge in [0.1, 0.15) is 0 Å². The van der Waals surface area contributed by atoms with Crippen LogP contribution in [0.15, 0.2) is 0 Å². The molecule has 0 aliphatic carbocycles. The summed E-state index contributed by atoms with van der Waals surface area (Å²) in [4.78, 5) is 42.3. The number of aliphatic carboxylic acids is 2. The Hall–Kier alpha value is 0.0369. The molecule has 0 aliphatic rings. The monoisotopic (exact) mass is 377 g/mol. The number of hydrogen-bond donors (Lipinski definition) is 6. The Bertz CT molecular complexity index is 370. The summed E-state index contributed by atoms with van der Waals surface area (Å²) >= 11 is 0. The van der Waals surface area contributed by atoms with Gasteiger partial charge in [-0.25, -0.2) is 19.2 Å². The molecule has 0 rings (SSSR count). The SMILES string of the molecule is O=C(O)C(O)C(O)C(=O)OC(=O)C(O)C(O)C(=O)O.[Cu].[LiH].[NaH]. The van der Waals surface area contributed by atoms with Gasteiger partial charge in [0.15, 0.2) is 24.4 Å². The van der Waals surface area contributed by atoms with Crippen LogP contribution in [0.1, 0.15) is 0 Å². The van der Waals surface area contributed by atoms with Crippen molar-refractivity contribution in [1.29, 1.82) is 0 Å². The van der Waals surface area contributed by atoms with Crippen LogP contribution in [0.2, 0.25) is 0 Å². The van der Waals surface area contributed by atoms with Crippen LogP contribution in [0.4, 0.5) is 0 Å². The van der Waals surface area contributed by atoms with Crippen LogP contribution in [0, 0.1) is 0 Å². The fraction of sp³-hybridized carbons (Fsp3) is 0.500. The maximum absolute atomic E-state index is 10.9. The number of rotatable bonds is 6. The molecule has 0 fully saturated rings. The Morgan fingerprint density at radius 2 is 0.909 bits per heavy atom. The average molecular weight is 378 g/mol. The van der Waals surface area contributed by atoms with Crippen molar-refractivity contribution in [2.24, 2.45) is 0 Å². The summed E-state index contributed by atoms with van der Waals surface area (Å²) in [6.07, 6.45) is -10.4. The van der Waals surface area contributed by atoms with E-state index in [0.717, 1.165) is 0 Å². The zero-order valence-corrected chi connectivity index (χ0v) is 10.3. The van der Waals surface area contributed by atoms with E-state index in [1.165, 1.54) is 0 Å². The van der Waals surface area contributed by atoms with Crippen LogP contribution < -0.4 is 0 Å². The van der Waals surface area contributed by atoms with Crippen molar-refractivity contribution in [3.05, 3.63) is 0 Å². The molecule has 0 saturated carbocycles. The van der Waals surface area contributed by atoms with E-state index in [0.29, 0.717) is 0 Å². The molecule has 14 heteroatoms. The first-order valence-electron chi connectivity index (χ1n) is 4.53. The summed E-state index contributed by atoms with van der Waals surface area (Å²) in [7, 11) is 0. The summed E-state index contributed by atoms with van der Waals surface area (Å²) in [6.45, 7) is 0. The molecule has 0 heterocycles. The third-order valence-electron chi connectivity index (χ3n) is 1.79. The van der Waals surface area contributed by atoms with Crippen molar-refractivity contribution in [2.45, 2.75) is 24.4 Å². The number of carbonyl (C=O) groups excluding carboxylic acids is 2. The third-order valence-corrected chi connectivity index (χ3v) is 1.79. The Morgan fingerprint density at radius 1 is 0.682 bits per heavy atom.